The lowest BCUT2D eigenvalue weighted by molar-refractivity contribution is -0.118. The van der Waals surface area contributed by atoms with Crippen molar-refractivity contribution in [1.29, 1.82) is 0 Å². The Balaban J connectivity index is 1.49. The first-order valence-corrected chi connectivity index (χ1v) is 11.3. The Bertz CT molecular complexity index is 1230. The lowest BCUT2D eigenvalue weighted by Crippen LogP contribution is -2.20. The maximum atomic E-state index is 13.0. The molecule has 0 atom stereocenters. The molecule has 0 saturated heterocycles. The van der Waals surface area contributed by atoms with Gasteiger partial charge in [0.05, 0.1) is 12.0 Å². The van der Waals surface area contributed by atoms with Crippen LogP contribution in [0.15, 0.2) is 93.6 Å². The van der Waals surface area contributed by atoms with Gasteiger partial charge in [0.15, 0.2) is 11.0 Å². The smallest absolute Gasteiger partial charge is 0.250 e. The van der Waals surface area contributed by atoms with E-state index in [4.69, 9.17) is 0 Å². The van der Waals surface area contributed by atoms with Gasteiger partial charge in [0.2, 0.25) is 0 Å². The second-order valence-electron chi connectivity index (χ2n) is 6.62. The van der Waals surface area contributed by atoms with Crippen LogP contribution in [0.1, 0.15) is 5.56 Å². The van der Waals surface area contributed by atoms with Gasteiger partial charge >= 0.3 is 0 Å². The third kappa shape index (κ3) is 5.49. The molecule has 0 aliphatic rings. The number of nitrogens with one attached hydrogen (secondary N) is 1. The molecule has 3 aromatic carbocycles. The topological polar surface area (TPSA) is 72.2 Å². The molecule has 1 amide bonds. The number of halogens is 2. The van der Waals surface area contributed by atoms with Gasteiger partial charge in [0.1, 0.15) is 5.82 Å². The summed E-state index contributed by atoms with van der Waals surface area (Å²) in [6.45, 7) is 0. The number of amides is 1. The molecule has 0 aliphatic heterocycles. The van der Waals surface area contributed by atoms with E-state index >= 15 is 0 Å². The third-order valence-corrected chi connectivity index (χ3v) is 5.81. The quantitative estimate of drug-likeness (QED) is 0.214. The first-order chi connectivity index (χ1) is 15.6. The normalized spacial score (nSPS) is 11.1. The van der Waals surface area contributed by atoms with Gasteiger partial charge in [0, 0.05) is 15.7 Å². The molecule has 0 aliphatic carbocycles. The Morgan fingerprint density at radius 2 is 1.75 bits per heavy atom. The van der Waals surface area contributed by atoms with Crippen molar-refractivity contribution in [3.8, 4) is 17.1 Å². The summed E-state index contributed by atoms with van der Waals surface area (Å²) in [5.41, 5.74) is 4.96. The molecule has 0 bridgehead atoms. The summed E-state index contributed by atoms with van der Waals surface area (Å²) in [6.07, 6.45) is 1.46. The van der Waals surface area contributed by atoms with Crippen LogP contribution in [-0.2, 0) is 4.79 Å². The van der Waals surface area contributed by atoms with Crippen LogP contribution in [0.4, 0.5) is 4.39 Å². The molecule has 0 fully saturated rings. The van der Waals surface area contributed by atoms with Crippen molar-refractivity contribution in [1.82, 2.24) is 20.2 Å². The standard InChI is InChI=1S/C23H17BrFN5OS/c24-18-8-12-20(13-9-18)30-22(17-4-2-1-3-5-17)28-29-23(30)32-15-21(31)27-26-14-16-6-10-19(25)11-7-16/h1-14H,15H2,(H,27,31). The highest BCUT2D eigenvalue weighted by Crippen LogP contribution is 2.28. The average molecular weight is 510 g/mol. The summed E-state index contributed by atoms with van der Waals surface area (Å²) in [7, 11) is 0. The minimum absolute atomic E-state index is 0.101. The van der Waals surface area contributed by atoms with Gasteiger partial charge in [-0.3, -0.25) is 9.36 Å². The predicted octanol–water partition coefficient (Wildman–Crippen LogP) is 5.08. The van der Waals surface area contributed by atoms with Crippen LogP contribution in [0, 0.1) is 5.82 Å². The van der Waals surface area contributed by atoms with Gasteiger partial charge < -0.3 is 0 Å². The zero-order valence-electron chi connectivity index (χ0n) is 16.7. The highest BCUT2D eigenvalue weighted by Gasteiger charge is 2.17. The fraction of sp³-hybridized carbons (Fsp3) is 0.0435. The average Bonchev–Trinajstić information content (AvgIpc) is 3.24. The molecular weight excluding hydrogens is 493 g/mol. The number of rotatable bonds is 7. The van der Waals surface area contributed by atoms with Crippen LogP contribution in [0.5, 0.6) is 0 Å². The van der Waals surface area contributed by atoms with E-state index in [1.807, 2.05) is 59.2 Å². The fourth-order valence-electron chi connectivity index (χ4n) is 2.85. The maximum absolute atomic E-state index is 13.0. The van der Waals surface area contributed by atoms with Crippen LogP contribution in [-0.4, -0.2) is 32.6 Å². The predicted molar refractivity (Wildman–Crippen MR) is 127 cm³/mol. The van der Waals surface area contributed by atoms with Crippen molar-refractivity contribution in [2.24, 2.45) is 5.10 Å². The van der Waals surface area contributed by atoms with E-state index in [-0.39, 0.29) is 17.5 Å². The van der Waals surface area contributed by atoms with Crippen molar-refractivity contribution in [2.75, 3.05) is 5.75 Å². The van der Waals surface area contributed by atoms with Crippen LogP contribution in [0.3, 0.4) is 0 Å². The number of carbonyl (C=O) groups excluding carboxylic acids is 1. The zero-order chi connectivity index (χ0) is 22.3. The minimum Gasteiger partial charge on any atom is -0.272 e. The summed E-state index contributed by atoms with van der Waals surface area (Å²) in [4.78, 5) is 12.3. The van der Waals surface area contributed by atoms with Crippen LogP contribution in [0.25, 0.3) is 17.1 Å². The maximum Gasteiger partial charge on any atom is 0.250 e. The summed E-state index contributed by atoms with van der Waals surface area (Å²) >= 11 is 4.71. The number of thioether (sulfide) groups is 1. The van der Waals surface area contributed by atoms with E-state index in [1.165, 1.54) is 30.1 Å². The molecule has 0 spiro atoms. The number of aromatic nitrogens is 3. The van der Waals surface area contributed by atoms with Gasteiger partial charge in [-0.1, -0.05) is 70.2 Å². The van der Waals surface area contributed by atoms with E-state index < -0.39 is 0 Å². The molecule has 4 aromatic rings. The summed E-state index contributed by atoms with van der Waals surface area (Å²) in [6, 6.07) is 23.4. The first-order valence-electron chi connectivity index (χ1n) is 9.57. The van der Waals surface area contributed by atoms with Crippen molar-refractivity contribution in [2.45, 2.75) is 5.16 Å². The molecule has 1 heterocycles. The molecule has 160 valence electrons. The number of hydrogen-bond acceptors (Lipinski definition) is 5. The van der Waals surface area contributed by atoms with Crippen molar-refractivity contribution in [3.05, 3.63) is 94.7 Å². The molecule has 32 heavy (non-hydrogen) atoms. The van der Waals surface area contributed by atoms with E-state index in [0.717, 1.165) is 15.7 Å². The van der Waals surface area contributed by atoms with Crippen molar-refractivity contribution >= 4 is 39.8 Å². The van der Waals surface area contributed by atoms with Gasteiger partial charge in [-0.2, -0.15) is 5.10 Å². The Hall–Kier alpha value is -3.30. The lowest BCUT2D eigenvalue weighted by atomic mass is 10.2. The molecule has 1 aromatic heterocycles. The van der Waals surface area contributed by atoms with Gasteiger partial charge in [0.25, 0.3) is 5.91 Å². The minimum atomic E-state index is -0.327. The number of benzene rings is 3. The number of carbonyl (C=O) groups is 1. The first kappa shape index (κ1) is 21.9. The van der Waals surface area contributed by atoms with E-state index in [9.17, 15) is 9.18 Å². The van der Waals surface area contributed by atoms with Crippen molar-refractivity contribution < 1.29 is 9.18 Å². The van der Waals surface area contributed by atoms with Gasteiger partial charge in [-0.05, 0) is 42.0 Å². The van der Waals surface area contributed by atoms with Crippen LogP contribution >= 0.6 is 27.7 Å². The van der Waals surface area contributed by atoms with Crippen molar-refractivity contribution in [3.63, 3.8) is 0 Å². The Labute approximate surface area is 196 Å². The summed E-state index contributed by atoms with van der Waals surface area (Å²) in [5.74, 6) is 0.169. The number of hydrogen-bond donors (Lipinski definition) is 1. The molecule has 0 saturated carbocycles. The molecule has 4 rings (SSSR count). The summed E-state index contributed by atoms with van der Waals surface area (Å²) in [5, 5.41) is 13.2. The third-order valence-electron chi connectivity index (χ3n) is 4.36. The fourth-order valence-corrected chi connectivity index (χ4v) is 3.86. The largest absolute Gasteiger partial charge is 0.272 e. The highest BCUT2D eigenvalue weighted by atomic mass is 79.9. The molecule has 9 heteroatoms. The Morgan fingerprint density at radius 3 is 2.47 bits per heavy atom. The van der Waals surface area contributed by atoms with Crippen LogP contribution < -0.4 is 5.43 Å². The number of nitrogens with zero attached hydrogens (tertiary/aromatic N) is 4. The SMILES string of the molecule is O=C(CSc1nnc(-c2ccccc2)n1-c1ccc(Br)cc1)NN=Cc1ccc(F)cc1. The molecule has 1 N–H and O–H groups in total. The number of hydrazone groups is 1. The van der Waals surface area contributed by atoms with E-state index in [0.29, 0.717) is 16.5 Å². The monoisotopic (exact) mass is 509 g/mol. The zero-order valence-corrected chi connectivity index (χ0v) is 19.1. The molecule has 0 radical (unpaired) electrons. The van der Waals surface area contributed by atoms with E-state index in [1.54, 1.807) is 12.1 Å². The molecular formula is C23H17BrFN5OS. The second-order valence-corrected chi connectivity index (χ2v) is 8.48. The lowest BCUT2D eigenvalue weighted by Gasteiger charge is -2.10. The Morgan fingerprint density at radius 1 is 1.03 bits per heavy atom. The highest BCUT2D eigenvalue weighted by molar-refractivity contribution is 9.10. The summed E-state index contributed by atoms with van der Waals surface area (Å²) < 4.78 is 15.8. The second kappa shape index (κ2) is 10.3. The molecule has 0 unspecified atom stereocenters. The molecule has 6 nitrogen and oxygen atoms in total. The Kier molecular flexibility index (Phi) is 7.08. The van der Waals surface area contributed by atoms with Gasteiger partial charge in [-0.15, -0.1) is 10.2 Å². The van der Waals surface area contributed by atoms with E-state index in [2.05, 4.69) is 36.7 Å². The van der Waals surface area contributed by atoms with Crippen LogP contribution in [0.2, 0.25) is 0 Å². The van der Waals surface area contributed by atoms with Gasteiger partial charge in [-0.25, -0.2) is 9.82 Å².